The predicted octanol–water partition coefficient (Wildman–Crippen LogP) is 3.86. The molecule has 1 amide bonds. The Labute approximate surface area is 185 Å². The van der Waals surface area contributed by atoms with Crippen LogP contribution in [0, 0.1) is 0 Å². The van der Waals surface area contributed by atoms with E-state index in [1.54, 1.807) is 12.4 Å². The predicted molar refractivity (Wildman–Crippen MR) is 124 cm³/mol. The number of anilines is 4. The molecule has 4 aromatic rings. The number of pyridine rings is 1. The summed E-state index contributed by atoms with van der Waals surface area (Å²) >= 11 is 0. The van der Waals surface area contributed by atoms with Crippen molar-refractivity contribution >= 4 is 39.6 Å². The maximum atomic E-state index is 12.8. The third-order valence-electron chi connectivity index (χ3n) is 5.32. The molecular formula is C24H22N6O2. The molecule has 8 nitrogen and oxygen atoms in total. The highest BCUT2D eigenvalue weighted by Gasteiger charge is 2.13. The molecule has 32 heavy (non-hydrogen) atoms. The molecule has 2 aromatic carbocycles. The molecule has 0 unspecified atom stereocenters. The van der Waals surface area contributed by atoms with Crippen molar-refractivity contribution in [1.82, 2.24) is 15.2 Å². The first-order valence-corrected chi connectivity index (χ1v) is 10.4. The topological polar surface area (TPSA) is 92.3 Å². The van der Waals surface area contributed by atoms with Crippen LogP contribution in [0.4, 0.5) is 22.9 Å². The van der Waals surface area contributed by atoms with Crippen molar-refractivity contribution in [2.75, 3.05) is 41.8 Å². The zero-order chi connectivity index (χ0) is 21.8. The lowest BCUT2D eigenvalue weighted by Crippen LogP contribution is -2.36. The number of aromatic nitrogens is 3. The number of morpholine rings is 1. The van der Waals surface area contributed by atoms with Crippen LogP contribution in [0.5, 0.6) is 0 Å². The monoisotopic (exact) mass is 426 g/mol. The second-order valence-corrected chi connectivity index (χ2v) is 7.44. The Hall–Kier alpha value is -4.04. The van der Waals surface area contributed by atoms with Gasteiger partial charge < -0.3 is 20.3 Å². The normalized spacial score (nSPS) is 13.7. The third kappa shape index (κ3) is 4.35. The van der Waals surface area contributed by atoms with E-state index in [2.05, 4.69) is 30.7 Å². The van der Waals surface area contributed by atoms with Gasteiger partial charge in [-0.3, -0.25) is 9.78 Å². The first-order valence-electron chi connectivity index (χ1n) is 10.4. The molecule has 1 fully saturated rings. The van der Waals surface area contributed by atoms with Gasteiger partial charge in [-0.05, 0) is 35.7 Å². The Bertz CT molecular complexity index is 1230. The number of carbonyl (C=O) groups is 1. The average Bonchev–Trinajstić information content (AvgIpc) is 2.85. The number of carbonyl (C=O) groups excluding carboxylic acids is 1. The highest BCUT2D eigenvalue weighted by molar-refractivity contribution is 6.11. The Morgan fingerprint density at radius 1 is 0.969 bits per heavy atom. The van der Waals surface area contributed by atoms with Crippen molar-refractivity contribution in [3.05, 3.63) is 78.8 Å². The van der Waals surface area contributed by atoms with Gasteiger partial charge in [0.25, 0.3) is 5.91 Å². The fourth-order valence-corrected chi connectivity index (χ4v) is 3.69. The van der Waals surface area contributed by atoms with E-state index < -0.39 is 0 Å². The number of nitrogens with one attached hydrogen (secondary N) is 2. The average molecular weight is 426 g/mol. The Morgan fingerprint density at radius 2 is 1.75 bits per heavy atom. The van der Waals surface area contributed by atoms with Gasteiger partial charge in [0.2, 0.25) is 0 Å². The van der Waals surface area contributed by atoms with Gasteiger partial charge in [0, 0.05) is 42.1 Å². The number of ether oxygens (including phenoxy) is 1. The van der Waals surface area contributed by atoms with E-state index in [4.69, 9.17) is 4.74 Å². The zero-order valence-corrected chi connectivity index (χ0v) is 17.4. The van der Waals surface area contributed by atoms with Gasteiger partial charge in [-0.1, -0.05) is 24.3 Å². The molecule has 0 spiro atoms. The Kier molecular flexibility index (Phi) is 5.59. The summed E-state index contributed by atoms with van der Waals surface area (Å²) in [7, 11) is 0. The summed E-state index contributed by atoms with van der Waals surface area (Å²) in [5.74, 6) is 0.414. The molecule has 160 valence electrons. The van der Waals surface area contributed by atoms with Crippen molar-refractivity contribution in [2.45, 2.75) is 0 Å². The minimum absolute atomic E-state index is 0.244. The largest absolute Gasteiger partial charge is 0.378 e. The lowest BCUT2D eigenvalue weighted by atomic mass is 10.1. The van der Waals surface area contributed by atoms with Gasteiger partial charge in [0.1, 0.15) is 5.69 Å². The summed E-state index contributed by atoms with van der Waals surface area (Å²) in [6.45, 7) is 3.11. The highest BCUT2D eigenvalue weighted by Crippen LogP contribution is 2.22. The van der Waals surface area contributed by atoms with E-state index in [-0.39, 0.29) is 5.91 Å². The molecule has 1 saturated heterocycles. The number of amides is 1. The molecule has 0 radical (unpaired) electrons. The van der Waals surface area contributed by atoms with Crippen molar-refractivity contribution in [3.8, 4) is 0 Å². The van der Waals surface area contributed by atoms with E-state index in [0.29, 0.717) is 30.4 Å². The Balaban J connectivity index is 1.27. The molecule has 0 saturated carbocycles. The van der Waals surface area contributed by atoms with Gasteiger partial charge in [0.05, 0.1) is 25.1 Å². The van der Waals surface area contributed by atoms with Crippen LogP contribution < -0.4 is 15.5 Å². The second-order valence-electron chi connectivity index (χ2n) is 7.44. The maximum Gasteiger partial charge on any atom is 0.274 e. The second kappa shape index (κ2) is 8.99. The SMILES string of the molecule is O=C(Nc1ccc(Nc2cc(N3CCOCC3)cnn2)cc1)c1nccc2ccccc12. The minimum atomic E-state index is -0.244. The van der Waals surface area contributed by atoms with E-state index in [9.17, 15) is 4.79 Å². The first kappa shape index (κ1) is 19.9. The quantitative estimate of drug-likeness (QED) is 0.501. The maximum absolute atomic E-state index is 12.8. The summed E-state index contributed by atoms with van der Waals surface area (Å²) < 4.78 is 5.41. The first-order chi connectivity index (χ1) is 15.8. The summed E-state index contributed by atoms with van der Waals surface area (Å²) in [4.78, 5) is 19.3. The Morgan fingerprint density at radius 3 is 2.59 bits per heavy atom. The molecule has 2 aromatic heterocycles. The molecule has 0 atom stereocenters. The van der Waals surface area contributed by atoms with Gasteiger partial charge in [-0.2, -0.15) is 5.10 Å². The molecule has 1 aliphatic heterocycles. The molecule has 1 aliphatic rings. The van der Waals surface area contributed by atoms with Gasteiger partial charge >= 0.3 is 0 Å². The van der Waals surface area contributed by atoms with Crippen LogP contribution >= 0.6 is 0 Å². The van der Waals surface area contributed by atoms with Crippen LogP contribution in [0.1, 0.15) is 10.5 Å². The minimum Gasteiger partial charge on any atom is -0.378 e. The van der Waals surface area contributed by atoms with Crippen molar-refractivity contribution in [2.24, 2.45) is 0 Å². The summed E-state index contributed by atoms with van der Waals surface area (Å²) in [5.41, 5.74) is 2.95. The van der Waals surface area contributed by atoms with E-state index in [0.717, 1.165) is 35.2 Å². The number of hydrogen-bond acceptors (Lipinski definition) is 7. The van der Waals surface area contributed by atoms with Crippen LogP contribution in [-0.4, -0.2) is 47.4 Å². The molecular weight excluding hydrogens is 404 g/mol. The van der Waals surface area contributed by atoms with E-state index in [1.165, 1.54) is 0 Å². The number of hydrogen-bond donors (Lipinski definition) is 2. The summed E-state index contributed by atoms with van der Waals surface area (Å²) in [6.07, 6.45) is 3.41. The summed E-state index contributed by atoms with van der Waals surface area (Å²) in [6, 6.07) is 19.0. The third-order valence-corrected chi connectivity index (χ3v) is 5.32. The van der Waals surface area contributed by atoms with Crippen LogP contribution in [0.3, 0.4) is 0 Å². The fourth-order valence-electron chi connectivity index (χ4n) is 3.69. The fraction of sp³-hybridized carbons (Fsp3) is 0.167. The lowest BCUT2D eigenvalue weighted by molar-refractivity contribution is 0.102. The molecule has 3 heterocycles. The number of rotatable bonds is 5. The number of nitrogens with zero attached hydrogens (tertiary/aromatic N) is 4. The standard InChI is InChI=1S/C24H22N6O2/c31-24(23-21-4-2-1-3-17(21)9-10-25-23)28-19-7-5-18(6-8-19)27-22-15-20(16-26-29-22)30-11-13-32-14-12-30/h1-10,15-16H,11-14H2,(H,27,29)(H,28,31). The molecule has 0 aliphatic carbocycles. The highest BCUT2D eigenvalue weighted by atomic mass is 16.5. The van der Waals surface area contributed by atoms with Crippen molar-refractivity contribution in [1.29, 1.82) is 0 Å². The number of fused-ring (bicyclic) bond motifs is 1. The van der Waals surface area contributed by atoms with E-state index in [1.807, 2.05) is 60.7 Å². The van der Waals surface area contributed by atoms with Crippen LogP contribution in [0.25, 0.3) is 10.8 Å². The van der Waals surface area contributed by atoms with Crippen molar-refractivity contribution < 1.29 is 9.53 Å². The van der Waals surface area contributed by atoms with Crippen LogP contribution in [0.2, 0.25) is 0 Å². The zero-order valence-electron chi connectivity index (χ0n) is 17.4. The molecule has 5 rings (SSSR count). The van der Waals surface area contributed by atoms with E-state index >= 15 is 0 Å². The molecule has 0 bridgehead atoms. The molecule has 2 N–H and O–H groups in total. The van der Waals surface area contributed by atoms with Gasteiger partial charge in [-0.15, -0.1) is 5.10 Å². The number of benzene rings is 2. The molecule has 8 heteroatoms. The van der Waals surface area contributed by atoms with Crippen LogP contribution in [0.15, 0.2) is 73.1 Å². The van der Waals surface area contributed by atoms with Gasteiger partial charge in [-0.25, -0.2) is 0 Å². The van der Waals surface area contributed by atoms with Crippen molar-refractivity contribution in [3.63, 3.8) is 0 Å². The lowest BCUT2D eigenvalue weighted by Gasteiger charge is -2.28. The van der Waals surface area contributed by atoms with Crippen LogP contribution in [-0.2, 0) is 4.74 Å². The van der Waals surface area contributed by atoms with Gasteiger partial charge in [0.15, 0.2) is 5.82 Å². The smallest absolute Gasteiger partial charge is 0.274 e. The summed E-state index contributed by atoms with van der Waals surface area (Å²) in [5, 5.41) is 16.3.